The van der Waals surface area contributed by atoms with Crippen LogP contribution >= 0.6 is 0 Å². The largest absolute Gasteiger partial charge is 0.466 e. The molecule has 0 fully saturated rings. The molecule has 36 heavy (non-hydrogen) atoms. The van der Waals surface area contributed by atoms with Gasteiger partial charge in [0.15, 0.2) is 5.58 Å². The number of esters is 1. The summed E-state index contributed by atoms with van der Waals surface area (Å²) in [6, 6.07) is 25.0. The second-order valence-electron chi connectivity index (χ2n) is 8.88. The zero-order valence-corrected chi connectivity index (χ0v) is 21.1. The molecule has 0 aliphatic carbocycles. The molecule has 1 aromatic heterocycles. The first-order valence-corrected chi connectivity index (χ1v) is 12.8. The summed E-state index contributed by atoms with van der Waals surface area (Å²) in [6.07, 6.45) is 3.73. The molecule has 0 unspecified atom stereocenters. The molecule has 0 bridgehead atoms. The molecule has 1 atom stereocenters. The van der Waals surface area contributed by atoms with E-state index in [0.29, 0.717) is 25.5 Å². The summed E-state index contributed by atoms with van der Waals surface area (Å²) in [4.78, 5) is 16.1. The van der Waals surface area contributed by atoms with E-state index in [1.807, 2.05) is 31.2 Å². The van der Waals surface area contributed by atoms with Crippen LogP contribution in [0.2, 0.25) is 0 Å². The van der Waals surface area contributed by atoms with Crippen LogP contribution in [0.25, 0.3) is 22.6 Å². The number of unbranched alkanes of at least 4 members (excludes halogenated alkanes) is 1. The van der Waals surface area contributed by atoms with Gasteiger partial charge in [-0.15, -0.1) is 0 Å². The first-order valence-electron chi connectivity index (χ1n) is 12.8. The van der Waals surface area contributed by atoms with Gasteiger partial charge in [-0.2, -0.15) is 0 Å². The molecule has 0 radical (unpaired) electrons. The van der Waals surface area contributed by atoms with E-state index in [1.54, 1.807) is 0 Å². The number of carbonyl (C=O) groups excluding carboxylic acids is 1. The van der Waals surface area contributed by atoms with E-state index >= 15 is 0 Å². The van der Waals surface area contributed by atoms with E-state index in [0.717, 1.165) is 48.2 Å². The number of aromatic nitrogens is 1. The van der Waals surface area contributed by atoms with Crippen LogP contribution in [0.5, 0.6) is 0 Å². The molecule has 0 saturated heterocycles. The average molecular weight is 486 g/mol. The van der Waals surface area contributed by atoms with Gasteiger partial charge in [0.25, 0.3) is 0 Å². The Labute approximate surface area is 213 Å². The number of carbonyl (C=O) groups is 1. The van der Waals surface area contributed by atoms with Gasteiger partial charge >= 0.3 is 5.97 Å². The monoisotopic (exact) mass is 485 g/mol. The molecule has 0 aliphatic rings. The minimum absolute atomic E-state index is 0.162. The van der Waals surface area contributed by atoms with Crippen LogP contribution < -0.4 is 10.6 Å². The highest BCUT2D eigenvalue weighted by molar-refractivity contribution is 5.76. The Morgan fingerprint density at radius 2 is 1.78 bits per heavy atom. The van der Waals surface area contributed by atoms with E-state index in [-0.39, 0.29) is 12.0 Å². The van der Waals surface area contributed by atoms with Gasteiger partial charge in [-0.1, -0.05) is 56.2 Å². The second kappa shape index (κ2) is 12.9. The Morgan fingerprint density at radius 1 is 1.00 bits per heavy atom. The minimum atomic E-state index is -0.162. The normalized spacial score (nSPS) is 11.9. The number of benzene rings is 3. The van der Waals surface area contributed by atoms with Gasteiger partial charge in [0.2, 0.25) is 5.89 Å². The lowest BCUT2D eigenvalue weighted by molar-refractivity contribution is -0.142. The topological polar surface area (TPSA) is 76.4 Å². The number of hydrogen-bond acceptors (Lipinski definition) is 6. The zero-order valence-electron chi connectivity index (χ0n) is 21.1. The van der Waals surface area contributed by atoms with Crippen molar-refractivity contribution in [3.05, 3.63) is 83.9 Å². The van der Waals surface area contributed by atoms with Gasteiger partial charge in [0, 0.05) is 24.3 Å². The van der Waals surface area contributed by atoms with Gasteiger partial charge in [-0.3, -0.25) is 4.79 Å². The van der Waals surface area contributed by atoms with E-state index in [1.165, 1.54) is 11.1 Å². The first-order chi connectivity index (χ1) is 17.7. The van der Waals surface area contributed by atoms with Crippen molar-refractivity contribution in [3.8, 4) is 11.5 Å². The van der Waals surface area contributed by atoms with Crippen molar-refractivity contribution < 1.29 is 13.9 Å². The van der Waals surface area contributed by atoms with Gasteiger partial charge in [-0.25, -0.2) is 4.98 Å². The Morgan fingerprint density at radius 3 is 2.50 bits per heavy atom. The van der Waals surface area contributed by atoms with Gasteiger partial charge in [0.05, 0.1) is 19.1 Å². The lowest BCUT2D eigenvalue weighted by Gasteiger charge is -2.21. The standard InChI is InChI=1S/C30H35N3O3/c1-3-5-8-26(32-25-17-11-22(12-18-25)21-31-20-19-29(34)35-4-2)23-13-15-24(16-14-23)30-33-27-9-6-7-10-28(27)36-30/h6-7,9-18,26,31-32H,3-5,8,19-21H2,1-2H3/t26-/m0/s1. The summed E-state index contributed by atoms with van der Waals surface area (Å²) in [5, 5.41) is 7.01. The number of oxazole rings is 1. The predicted molar refractivity (Wildman–Crippen MR) is 145 cm³/mol. The minimum Gasteiger partial charge on any atom is -0.466 e. The predicted octanol–water partition coefficient (Wildman–Crippen LogP) is 6.88. The lowest BCUT2D eigenvalue weighted by atomic mass is 9.99. The fourth-order valence-corrected chi connectivity index (χ4v) is 4.16. The van der Waals surface area contributed by atoms with E-state index in [9.17, 15) is 4.79 Å². The SMILES string of the molecule is CCCC[C@H](Nc1ccc(CNCCC(=O)OCC)cc1)c1ccc(-c2nc3ccccc3o2)cc1. The molecule has 3 aromatic carbocycles. The summed E-state index contributed by atoms with van der Waals surface area (Å²) in [5.74, 6) is 0.483. The number of fused-ring (bicyclic) bond motifs is 1. The lowest BCUT2D eigenvalue weighted by Crippen LogP contribution is -2.19. The molecular weight excluding hydrogens is 450 g/mol. The van der Waals surface area contributed by atoms with Crippen LogP contribution in [0.4, 0.5) is 5.69 Å². The van der Waals surface area contributed by atoms with Gasteiger partial charge < -0.3 is 19.8 Å². The third-order valence-corrected chi connectivity index (χ3v) is 6.14. The maximum absolute atomic E-state index is 11.4. The summed E-state index contributed by atoms with van der Waals surface area (Å²) in [6.45, 7) is 5.79. The summed E-state index contributed by atoms with van der Waals surface area (Å²) >= 11 is 0. The van der Waals surface area contributed by atoms with E-state index in [2.05, 4.69) is 71.1 Å². The Hall–Kier alpha value is -3.64. The molecule has 0 aliphatic heterocycles. The van der Waals surface area contributed by atoms with E-state index < -0.39 is 0 Å². The molecule has 4 aromatic rings. The van der Waals surface area contributed by atoms with Crippen LogP contribution in [-0.4, -0.2) is 24.1 Å². The quantitative estimate of drug-likeness (QED) is 0.159. The van der Waals surface area contributed by atoms with Crippen LogP contribution in [-0.2, 0) is 16.1 Å². The molecule has 188 valence electrons. The highest BCUT2D eigenvalue weighted by Crippen LogP contribution is 2.29. The fourth-order valence-electron chi connectivity index (χ4n) is 4.16. The van der Waals surface area contributed by atoms with Gasteiger partial charge in [-0.05, 0) is 60.9 Å². The number of nitrogens with one attached hydrogen (secondary N) is 2. The van der Waals surface area contributed by atoms with Crippen molar-refractivity contribution in [2.75, 3.05) is 18.5 Å². The smallest absolute Gasteiger partial charge is 0.307 e. The number of para-hydroxylation sites is 2. The third kappa shape index (κ3) is 6.95. The fraction of sp³-hybridized carbons (Fsp3) is 0.333. The van der Waals surface area contributed by atoms with Gasteiger partial charge in [0.1, 0.15) is 5.52 Å². The Balaban J connectivity index is 1.37. The molecule has 1 heterocycles. The van der Waals surface area contributed by atoms with Crippen molar-refractivity contribution >= 4 is 22.8 Å². The summed E-state index contributed by atoms with van der Waals surface area (Å²) < 4.78 is 10.9. The number of anilines is 1. The Bertz CT molecular complexity index is 1200. The maximum atomic E-state index is 11.4. The van der Waals surface area contributed by atoms with Crippen molar-refractivity contribution in [2.45, 2.75) is 52.1 Å². The summed E-state index contributed by atoms with van der Waals surface area (Å²) in [5.41, 5.74) is 6.16. The first kappa shape index (κ1) is 25.5. The van der Waals surface area contributed by atoms with Crippen molar-refractivity contribution in [3.63, 3.8) is 0 Å². The number of rotatable bonds is 13. The molecule has 2 N–H and O–H groups in total. The average Bonchev–Trinajstić information content (AvgIpc) is 3.35. The van der Waals surface area contributed by atoms with Crippen LogP contribution in [0.3, 0.4) is 0 Å². The Kier molecular flexibility index (Phi) is 9.11. The number of nitrogens with zero attached hydrogens (tertiary/aromatic N) is 1. The van der Waals surface area contributed by atoms with Crippen LogP contribution in [0, 0.1) is 0 Å². The van der Waals surface area contributed by atoms with E-state index in [4.69, 9.17) is 9.15 Å². The molecule has 4 rings (SSSR count). The second-order valence-corrected chi connectivity index (χ2v) is 8.88. The molecule has 0 saturated carbocycles. The van der Waals surface area contributed by atoms with Crippen molar-refractivity contribution in [1.29, 1.82) is 0 Å². The molecule has 6 heteroatoms. The van der Waals surface area contributed by atoms with Crippen molar-refractivity contribution in [1.82, 2.24) is 10.3 Å². The zero-order chi connectivity index (χ0) is 25.2. The molecule has 0 amide bonds. The van der Waals surface area contributed by atoms with Crippen LogP contribution in [0.1, 0.15) is 56.7 Å². The maximum Gasteiger partial charge on any atom is 0.307 e. The number of ether oxygens (including phenoxy) is 1. The highest BCUT2D eigenvalue weighted by Gasteiger charge is 2.13. The number of hydrogen-bond donors (Lipinski definition) is 2. The van der Waals surface area contributed by atoms with Crippen LogP contribution in [0.15, 0.2) is 77.2 Å². The molecular formula is C30H35N3O3. The molecule has 0 spiro atoms. The molecule has 6 nitrogen and oxygen atoms in total. The van der Waals surface area contributed by atoms with Crippen molar-refractivity contribution in [2.24, 2.45) is 0 Å². The summed E-state index contributed by atoms with van der Waals surface area (Å²) in [7, 11) is 0. The highest BCUT2D eigenvalue weighted by atomic mass is 16.5. The third-order valence-electron chi connectivity index (χ3n) is 6.14.